The molecular weight excluding hydrogens is 229 g/mol. The van der Waals surface area contributed by atoms with E-state index >= 15 is 0 Å². The lowest BCUT2D eigenvalue weighted by molar-refractivity contribution is 0.627. The summed E-state index contributed by atoms with van der Waals surface area (Å²) in [6.45, 7) is 3.91. The van der Waals surface area contributed by atoms with Crippen molar-refractivity contribution < 1.29 is 4.39 Å². The zero-order valence-corrected chi connectivity index (χ0v) is 10.6. The van der Waals surface area contributed by atoms with E-state index in [-0.39, 0.29) is 5.82 Å². The summed E-state index contributed by atoms with van der Waals surface area (Å²) in [6, 6.07) is 6.62. The maximum Gasteiger partial charge on any atom is 0.202 e. The standard InChI is InChI=1S/C14H18FN3/c1-2-10-18-11-9-17-14(18)16-8-7-12-3-5-13(15)6-4-12/h3-6,9,11H,2,7-8,10H2,1H3,(H,16,17). The molecule has 1 heterocycles. The van der Waals surface area contributed by atoms with Gasteiger partial charge in [-0.25, -0.2) is 9.37 Å². The fourth-order valence-corrected chi connectivity index (χ4v) is 1.87. The highest BCUT2D eigenvalue weighted by atomic mass is 19.1. The molecule has 2 rings (SSSR count). The predicted molar refractivity (Wildman–Crippen MR) is 71.1 cm³/mol. The monoisotopic (exact) mass is 247 g/mol. The molecular formula is C14H18FN3. The molecule has 18 heavy (non-hydrogen) atoms. The Kier molecular flexibility index (Phi) is 4.34. The third kappa shape index (κ3) is 3.32. The molecule has 0 radical (unpaired) electrons. The van der Waals surface area contributed by atoms with Gasteiger partial charge in [-0.3, -0.25) is 0 Å². The van der Waals surface area contributed by atoms with Crippen LogP contribution >= 0.6 is 0 Å². The van der Waals surface area contributed by atoms with Crippen LogP contribution in [-0.4, -0.2) is 16.1 Å². The number of aromatic nitrogens is 2. The number of anilines is 1. The van der Waals surface area contributed by atoms with Gasteiger partial charge in [0.1, 0.15) is 5.82 Å². The van der Waals surface area contributed by atoms with Crippen LogP contribution in [0.2, 0.25) is 0 Å². The molecule has 0 aliphatic carbocycles. The summed E-state index contributed by atoms with van der Waals surface area (Å²) in [7, 11) is 0. The highest BCUT2D eigenvalue weighted by Gasteiger charge is 2.00. The predicted octanol–water partition coefficient (Wildman–Crippen LogP) is 3.09. The molecule has 96 valence electrons. The molecule has 0 spiro atoms. The van der Waals surface area contributed by atoms with Crippen LogP contribution in [0.5, 0.6) is 0 Å². The first-order valence-corrected chi connectivity index (χ1v) is 6.29. The van der Waals surface area contributed by atoms with Gasteiger partial charge in [-0.1, -0.05) is 19.1 Å². The van der Waals surface area contributed by atoms with Crippen molar-refractivity contribution in [2.45, 2.75) is 26.3 Å². The van der Waals surface area contributed by atoms with Gasteiger partial charge in [0, 0.05) is 25.5 Å². The number of benzene rings is 1. The van der Waals surface area contributed by atoms with Crippen LogP contribution in [0.15, 0.2) is 36.7 Å². The maximum atomic E-state index is 12.7. The number of rotatable bonds is 6. The summed E-state index contributed by atoms with van der Waals surface area (Å²) >= 11 is 0. The van der Waals surface area contributed by atoms with Gasteiger partial charge in [-0.2, -0.15) is 0 Å². The van der Waals surface area contributed by atoms with Gasteiger partial charge in [-0.05, 0) is 30.5 Å². The van der Waals surface area contributed by atoms with E-state index in [4.69, 9.17) is 0 Å². The minimum atomic E-state index is -0.190. The SMILES string of the molecule is CCCn1ccnc1NCCc1ccc(F)cc1. The Morgan fingerprint density at radius 1 is 1.28 bits per heavy atom. The third-order valence-electron chi connectivity index (χ3n) is 2.79. The Bertz CT molecular complexity index is 476. The molecule has 1 aromatic heterocycles. The Balaban J connectivity index is 1.84. The molecule has 1 N–H and O–H groups in total. The van der Waals surface area contributed by atoms with Crippen LogP contribution in [0.25, 0.3) is 0 Å². The van der Waals surface area contributed by atoms with Crippen molar-refractivity contribution in [3.63, 3.8) is 0 Å². The van der Waals surface area contributed by atoms with Gasteiger partial charge in [0.05, 0.1) is 0 Å². The summed E-state index contributed by atoms with van der Waals surface area (Å²) in [5.41, 5.74) is 1.12. The van der Waals surface area contributed by atoms with E-state index in [1.807, 2.05) is 18.3 Å². The van der Waals surface area contributed by atoms with Gasteiger partial charge in [0.15, 0.2) is 0 Å². The van der Waals surface area contributed by atoms with Gasteiger partial charge in [0.2, 0.25) is 5.95 Å². The fourth-order valence-electron chi connectivity index (χ4n) is 1.87. The average Bonchev–Trinajstić information content (AvgIpc) is 2.80. The molecule has 2 aromatic rings. The molecule has 0 amide bonds. The first-order chi connectivity index (χ1) is 8.79. The minimum absolute atomic E-state index is 0.190. The Morgan fingerprint density at radius 2 is 2.06 bits per heavy atom. The largest absolute Gasteiger partial charge is 0.355 e. The van der Waals surface area contributed by atoms with Crippen molar-refractivity contribution in [1.29, 1.82) is 0 Å². The summed E-state index contributed by atoms with van der Waals surface area (Å²) < 4.78 is 14.8. The Hall–Kier alpha value is -1.84. The van der Waals surface area contributed by atoms with E-state index in [0.717, 1.165) is 37.4 Å². The second-order valence-corrected chi connectivity index (χ2v) is 4.25. The van der Waals surface area contributed by atoms with E-state index in [1.165, 1.54) is 12.1 Å². The first-order valence-electron chi connectivity index (χ1n) is 6.29. The van der Waals surface area contributed by atoms with E-state index < -0.39 is 0 Å². The summed E-state index contributed by atoms with van der Waals surface area (Å²) in [6.07, 6.45) is 5.72. The van der Waals surface area contributed by atoms with E-state index in [0.29, 0.717) is 0 Å². The fraction of sp³-hybridized carbons (Fsp3) is 0.357. The highest BCUT2D eigenvalue weighted by Crippen LogP contribution is 2.07. The molecule has 3 nitrogen and oxygen atoms in total. The molecule has 0 saturated carbocycles. The van der Waals surface area contributed by atoms with Crippen LogP contribution in [0.3, 0.4) is 0 Å². The lowest BCUT2D eigenvalue weighted by atomic mass is 10.1. The van der Waals surface area contributed by atoms with Gasteiger partial charge in [-0.15, -0.1) is 0 Å². The summed E-state index contributed by atoms with van der Waals surface area (Å²) in [5, 5.41) is 3.30. The second-order valence-electron chi connectivity index (χ2n) is 4.25. The number of halogens is 1. The number of nitrogens with one attached hydrogen (secondary N) is 1. The topological polar surface area (TPSA) is 29.9 Å². The molecule has 0 bridgehead atoms. The number of aryl methyl sites for hydroxylation is 1. The smallest absolute Gasteiger partial charge is 0.202 e. The van der Waals surface area contributed by atoms with Crippen molar-refractivity contribution in [2.24, 2.45) is 0 Å². The van der Waals surface area contributed by atoms with E-state index in [1.54, 1.807) is 6.20 Å². The van der Waals surface area contributed by atoms with Crippen LogP contribution < -0.4 is 5.32 Å². The van der Waals surface area contributed by atoms with Crippen LogP contribution in [0.1, 0.15) is 18.9 Å². The van der Waals surface area contributed by atoms with Gasteiger partial charge < -0.3 is 9.88 Å². The Morgan fingerprint density at radius 3 is 2.78 bits per heavy atom. The minimum Gasteiger partial charge on any atom is -0.355 e. The molecule has 1 aromatic carbocycles. The summed E-state index contributed by atoms with van der Waals surface area (Å²) in [4.78, 5) is 4.27. The highest BCUT2D eigenvalue weighted by molar-refractivity contribution is 5.26. The van der Waals surface area contributed by atoms with Crippen molar-refractivity contribution in [1.82, 2.24) is 9.55 Å². The zero-order valence-electron chi connectivity index (χ0n) is 10.6. The zero-order chi connectivity index (χ0) is 12.8. The molecule has 0 atom stereocenters. The van der Waals surface area contributed by atoms with Crippen LogP contribution in [-0.2, 0) is 13.0 Å². The number of hydrogen-bond donors (Lipinski definition) is 1. The quantitative estimate of drug-likeness (QED) is 0.850. The van der Waals surface area contributed by atoms with Gasteiger partial charge >= 0.3 is 0 Å². The molecule has 0 saturated heterocycles. The normalized spacial score (nSPS) is 10.6. The van der Waals surface area contributed by atoms with Crippen molar-refractivity contribution in [2.75, 3.05) is 11.9 Å². The average molecular weight is 247 g/mol. The lowest BCUT2D eigenvalue weighted by Crippen LogP contribution is -2.10. The van der Waals surface area contributed by atoms with E-state index in [2.05, 4.69) is 21.8 Å². The molecule has 0 unspecified atom stereocenters. The maximum absolute atomic E-state index is 12.7. The van der Waals surface area contributed by atoms with E-state index in [9.17, 15) is 4.39 Å². The number of hydrogen-bond acceptors (Lipinski definition) is 2. The third-order valence-corrected chi connectivity index (χ3v) is 2.79. The Labute approximate surface area is 107 Å². The van der Waals surface area contributed by atoms with Crippen molar-refractivity contribution >= 4 is 5.95 Å². The lowest BCUT2D eigenvalue weighted by Gasteiger charge is -2.08. The van der Waals surface area contributed by atoms with Gasteiger partial charge in [0.25, 0.3) is 0 Å². The van der Waals surface area contributed by atoms with Crippen molar-refractivity contribution in [3.8, 4) is 0 Å². The van der Waals surface area contributed by atoms with Crippen LogP contribution in [0, 0.1) is 5.82 Å². The number of nitrogens with zero attached hydrogens (tertiary/aromatic N) is 2. The summed E-state index contributed by atoms with van der Waals surface area (Å²) in [5.74, 6) is 0.712. The number of imidazole rings is 1. The molecule has 0 aliphatic heterocycles. The molecule has 4 heteroatoms. The van der Waals surface area contributed by atoms with Crippen molar-refractivity contribution in [3.05, 3.63) is 48.0 Å². The second kappa shape index (κ2) is 6.19. The molecule has 0 fully saturated rings. The first kappa shape index (κ1) is 12.6. The molecule has 0 aliphatic rings. The van der Waals surface area contributed by atoms with Crippen LogP contribution in [0.4, 0.5) is 10.3 Å².